The maximum atomic E-state index is 13.3. The molecule has 1 amide bonds. The monoisotopic (exact) mass is 363 g/mol. The number of halogens is 2. The molecule has 25 heavy (non-hydrogen) atoms. The number of carbonyl (C=O) groups is 1. The summed E-state index contributed by atoms with van der Waals surface area (Å²) in [7, 11) is 0. The minimum absolute atomic E-state index is 0.0471. The van der Waals surface area contributed by atoms with Crippen molar-refractivity contribution in [3.63, 3.8) is 0 Å². The molecule has 1 N–H and O–H groups in total. The van der Waals surface area contributed by atoms with Crippen LogP contribution in [0.4, 0.5) is 4.39 Å². The van der Waals surface area contributed by atoms with Crippen LogP contribution in [0.3, 0.4) is 0 Å². The number of carbonyl (C=O) groups excluding carboxylic acids is 1. The number of nitrogens with one attached hydrogen (secondary N) is 1. The van der Waals surface area contributed by atoms with Crippen molar-refractivity contribution in [2.24, 2.45) is 0 Å². The predicted octanol–water partition coefficient (Wildman–Crippen LogP) is 2.30. The molecule has 2 heterocycles. The summed E-state index contributed by atoms with van der Waals surface area (Å²) < 4.78 is 14.8. The first-order valence-electron chi connectivity index (χ1n) is 8.51. The number of rotatable bonds is 5. The molecule has 1 saturated carbocycles. The Morgan fingerprint density at radius 2 is 2.20 bits per heavy atom. The van der Waals surface area contributed by atoms with Gasteiger partial charge in [0.05, 0.1) is 28.6 Å². The Kier molecular flexibility index (Phi) is 4.43. The first-order valence-corrected chi connectivity index (χ1v) is 8.89. The molecule has 4 rings (SSSR count). The van der Waals surface area contributed by atoms with E-state index in [1.807, 2.05) is 0 Å². The largest absolute Gasteiger partial charge is 0.352 e. The van der Waals surface area contributed by atoms with Crippen LogP contribution in [0.15, 0.2) is 24.4 Å². The van der Waals surface area contributed by atoms with E-state index in [4.69, 9.17) is 11.6 Å². The van der Waals surface area contributed by atoms with Crippen molar-refractivity contribution in [2.75, 3.05) is 6.54 Å². The zero-order valence-electron chi connectivity index (χ0n) is 13.7. The lowest BCUT2D eigenvalue weighted by atomic mass is 10.2. The number of nitrogens with zero attached hydrogens (tertiary/aromatic N) is 4. The lowest BCUT2D eigenvalue weighted by Crippen LogP contribution is -2.43. The van der Waals surface area contributed by atoms with E-state index in [9.17, 15) is 9.18 Å². The van der Waals surface area contributed by atoms with Gasteiger partial charge in [0, 0.05) is 12.6 Å². The van der Waals surface area contributed by atoms with Crippen molar-refractivity contribution in [2.45, 2.75) is 44.3 Å². The topological polar surface area (TPSA) is 63.1 Å². The molecular weight excluding hydrogens is 345 g/mol. The average Bonchev–Trinajstić information content (AvgIpc) is 3.10. The van der Waals surface area contributed by atoms with Crippen LogP contribution in [-0.4, -0.2) is 44.4 Å². The Morgan fingerprint density at radius 1 is 1.36 bits per heavy atom. The van der Waals surface area contributed by atoms with Gasteiger partial charge in [-0.15, -0.1) is 5.10 Å². The number of aromatic nitrogens is 3. The zero-order valence-corrected chi connectivity index (χ0v) is 14.4. The molecule has 1 atom stereocenters. The number of likely N-dealkylation sites (tertiary alicyclic amines) is 1. The summed E-state index contributed by atoms with van der Waals surface area (Å²) in [5.74, 6) is -0.343. The molecule has 1 saturated heterocycles. The molecule has 0 radical (unpaired) electrons. The molecule has 1 aliphatic heterocycles. The van der Waals surface area contributed by atoms with E-state index in [-0.39, 0.29) is 17.0 Å². The van der Waals surface area contributed by atoms with Crippen molar-refractivity contribution in [1.29, 1.82) is 0 Å². The fraction of sp³-hybridized carbons (Fsp3) is 0.471. The van der Waals surface area contributed by atoms with Gasteiger partial charge in [0.15, 0.2) is 0 Å². The van der Waals surface area contributed by atoms with Crippen molar-refractivity contribution in [3.8, 4) is 5.69 Å². The zero-order chi connectivity index (χ0) is 17.4. The Labute approximate surface area is 149 Å². The Balaban J connectivity index is 1.44. The van der Waals surface area contributed by atoms with Gasteiger partial charge >= 0.3 is 0 Å². The second-order valence-electron chi connectivity index (χ2n) is 6.66. The number of amides is 1. The van der Waals surface area contributed by atoms with Crippen molar-refractivity contribution < 1.29 is 9.18 Å². The highest BCUT2D eigenvalue weighted by molar-refractivity contribution is 6.30. The Hall–Kier alpha value is -1.99. The molecular formula is C17H19ClFN5O. The lowest BCUT2D eigenvalue weighted by molar-refractivity contribution is -0.125. The number of hydrogen-bond acceptors (Lipinski definition) is 4. The third-order valence-electron chi connectivity index (χ3n) is 4.66. The van der Waals surface area contributed by atoms with Crippen LogP contribution in [-0.2, 0) is 11.3 Å². The van der Waals surface area contributed by atoms with E-state index in [0.717, 1.165) is 37.9 Å². The van der Waals surface area contributed by atoms with Gasteiger partial charge in [-0.3, -0.25) is 9.69 Å². The average molecular weight is 364 g/mol. The molecule has 2 fully saturated rings. The van der Waals surface area contributed by atoms with E-state index < -0.39 is 5.82 Å². The van der Waals surface area contributed by atoms with E-state index in [1.54, 1.807) is 16.9 Å². The van der Waals surface area contributed by atoms with Gasteiger partial charge in [-0.05, 0) is 50.4 Å². The first kappa shape index (κ1) is 16.5. The quantitative estimate of drug-likeness (QED) is 0.885. The van der Waals surface area contributed by atoms with Crippen LogP contribution in [0.1, 0.15) is 31.4 Å². The number of hydrogen-bond donors (Lipinski definition) is 1. The normalized spacial score (nSPS) is 20.8. The Morgan fingerprint density at radius 3 is 2.96 bits per heavy atom. The molecule has 0 spiro atoms. The van der Waals surface area contributed by atoms with Crippen molar-refractivity contribution >= 4 is 17.5 Å². The van der Waals surface area contributed by atoms with Crippen LogP contribution in [0.2, 0.25) is 5.02 Å². The molecule has 1 unspecified atom stereocenters. The SMILES string of the molecule is O=C(NC1CC1)C1CCCN1Cc1cn(-c2ccc(F)c(Cl)c2)nn1. The molecule has 132 valence electrons. The standard InChI is InChI=1S/C17H19ClFN5O/c18-14-8-13(5-6-15(14)19)24-10-12(21-22-24)9-23-7-1-2-16(23)17(25)20-11-3-4-11/h5-6,8,10-11,16H,1-4,7,9H2,(H,20,25). The Bertz CT molecular complexity index is 791. The fourth-order valence-electron chi connectivity index (χ4n) is 3.17. The van der Waals surface area contributed by atoms with Crippen LogP contribution < -0.4 is 5.32 Å². The summed E-state index contributed by atoms with van der Waals surface area (Å²) in [4.78, 5) is 14.5. The highest BCUT2D eigenvalue weighted by Gasteiger charge is 2.34. The molecule has 6 nitrogen and oxygen atoms in total. The molecule has 2 aromatic rings. The fourth-order valence-corrected chi connectivity index (χ4v) is 3.34. The van der Waals surface area contributed by atoms with Crippen molar-refractivity contribution in [3.05, 3.63) is 40.9 Å². The second-order valence-corrected chi connectivity index (χ2v) is 7.07. The van der Waals surface area contributed by atoms with Crippen LogP contribution in [0, 0.1) is 5.82 Å². The van der Waals surface area contributed by atoms with Crippen molar-refractivity contribution in [1.82, 2.24) is 25.2 Å². The van der Waals surface area contributed by atoms with E-state index in [0.29, 0.717) is 18.3 Å². The first-order chi connectivity index (χ1) is 12.1. The minimum Gasteiger partial charge on any atom is -0.352 e. The van der Waals surface area contributed by atoms with Crippen LogP contribution in [0.25, 0.3) is 5.69 Å². The van der Waals surface area contributed by atoms with E-state index >= 15 is 0 Å². The van der Waals surface area contributed by atoms with Gasteiger partial charge in [0.1, 0.15) is 5.82 Å². The summed E-state index contributed by atoms with van der Waals surface area (Å²) in [6.07, 6.45) is 5.85. The summed E-state index contributed by atoms with van der Waals surface area (Å²) in [5, 5.41) is 11.4. The predicted molar refractivity (Wildman–Crippen MR) is 90.9 cm³/mol. The van der Waals surface area contributed by atoms with Gasteiger partial charge in [-0.2, -0.15) is 0 Å². The highest BCUT2D eigenvalue weighted by atomic mass is 35.5. The molecule has 8 heteroatoms. The molecule has 2 aliphatic rings. The molecule has 1 aliphatic carbocycles. The summed E-state index contributed by atoms with van der Waals surface area (Å²) in [6.45, 7) is 1.44. The maximum absolute atomic E-state index is 13.3. The van der Waals surface area contributed by atoms with Gasteiger partial charge in [0.25, 0.3) is 0 Å². The lowest BCUT2D eigenvalue weighted by Gasteiger charge is -2.22. The van der Waals surface area contributed by atoms with Crippen LogP contribution >= 0.6 is 11.6 Å². The smallest absolute Gasteiger partial charge is 0.237 e. The van der Waals surface area contributed by atoms with Gasteiger partial charge in [-0.1, -0.05) is 16.8 Å². The van der Waals surface area contributed by atoms with E-state index in [1.165, 1.54) is 12.1 Å². The third-order valence-corrected chi connectivity index (χ3v) is 4.95. The number of benzene rings is 1. The molecule has 1 aromatic carbocycles. The summed E-state index contributed by atoms with van der Waals surface area (Å²) >= 11 is 5.82. The molecule has 0 bridgehead atoms. The van der Waals surface area contributed by atoms with E-state index in [2.05, 4.69) is 20.5 Å². The highest BCUT2D eigenvalue weighted by Crippen LogP contribution is 2.24. The molecule has 1 aromatic heterocycles. The van der Waals surface area contributed by atoms with Gasteiger partial charge in [0.2, 0.25) is 5.91 Å². The van der Waals surface area contributed by atoms with Gasteiger partial charge < -0.3 is 5.32 Å². The second kappa shape index (κ2) is 6.72. The van der Waals surface area contributed by atoms with Gasteiger partial charge in [-0.25, -0.2) is 9.07 Å². The minimum atomic E-state index is -0.465. The summed E-state index contributed by atoms with van der Waals surface area (Å²) in [6, 6.07) is 4.70. The third kappa shape index (κ3) is 3.67. The van der Waals surface area contributed by atoms with Crippen LogP contribution in [0.5, 0.6) is 0 Å². The maximum Gasteiger partial charge on any atom is 0.237 e. The summed E-state index contributed by atoms with van der Waals surface area (Å²) in [5.41, 5.74) is 1.42.